The zero-order valence-corrected chi connectivity index (χ0v) is 11.9. The predicted molar refractivity (Wildman–Crippen MR) is 75.2 cm³/mol. The fraction of sp³-hybridized carbons (Fsp3) is 0.533. The molecule has 4 nitrogen and oxygen atoms in total. The molecule has 0 aromatic heterocycles. The Kier molecular flexibility index (Phi) is 4.95. The Hall–Kier alpha value is -1.62. The first-order chi connectivity index (χ1) is 9.61. The summed E-state index contributed by atoms with van der Waals surface area (Å²) in [7, 11) is 1.54. The van der Waals surface area contributed by atoms with E-state index in [0.717, 1.165) is 25.8 Å². The molecule has 0 aliphatic carbocycles. The number of carbonyl (C=O) groups excluding carboxylic acids is 1. The summed E-state index contributed by atoms with van der Waals surface area (Å²) < 4.78 is 18.6. The lowest BCUT2D eigenvalue weighted by Gasteiger charge is -2.25. The minimum atomic E-state index is -0.335. The highest BCUT2D eigenvalue weighted by Crippen LogP contribution is 2.26. The fourth-order valence-electron chi connectivity index (χ4n) is 2.51. The molecule has 0 saturated carbocycles. The molecule has 2 N–H and O–H groups in total. The van der Waals surface area contributed by atoms with Gasteiger partial charge in [0.25, 0.3) is 0 Å². The Balaban J connectivity index is 2.05. The van der Waals surface area contributed by atoms with Gasteiger partial charge in [0.1, 0.15) is 11.6 Å². The second kappa shape index (κ2) is 6.70. The second-order valence-electron chi connectivity index (χ2n) is 5.12. The third-order valence-electron chi connectivity index (χ3n) is 3.64. The van der Waals surface area contributed by atoms with Crippen molar-refractivity contribution < 1.29 is 13.9 Å². The number of hydrogen-bond donors (Lipinski definition) is 2. The average Bonchev–Trinajstić information content (AvgIpc) is 2.48. The van der Waals surface area contributed by atoms with Crippen molar-refractivity contribution in [2.24, 2.45) is 0 Å². The van der Waals surface area contributed by atoms with E-state index in [9.17, 15) is 9.18 Å². The van der Waals surface area contributed by atoms with Gasteiger partial charge in [0, 0.05) is 5.56 Å². The number of benzene rings is 1. The third-order valence-corrected chi connectivity index (χ3v) is 3.64. The van der Waals surface area contributed by atoms with Crippen molar-refractivity contribution in [3.63, 3.8) is 0 Å². The number of hydrogen-bond acceptors (Lipinski definition) is 3. The number of methoxy groups -OCH3 is 1. The zero-order chi connectivity index (χ0) is 14.5. The Bertz CT molecular complexity index is 473. The van der Waals surface area contributed by atoms with Crippen LogP contribution in [0, 0.1) is 5.82 Å². The molecule has 2 rings (SSSR count). The van der Waals surface area contributed by atoms with Crippen molar-refractivity contribution in [1.29, 1.82) is 0 Å². The normalized spacial score (nSPS) is 20.2. The van der Waals surface area contributed by atoms with Gasteiger partial charge in [0.2, 0.25) is 5.91 Å². The summed E-state index contributed by atoms with van der Waals surface area (Å²) in [5.74, 6) is 0.206. The number of rotatable bonds is 4. The quantitative estimate of drug-likeness (QED) is 0.888. The van der Waals surface area contributed by atoms with E-state index >= 15 is 0 Å². The predicted octanol–water partition coefficient (Wildman–Crippen LogP) is 2.15. The molecule has 0 bridgehead atoms. The summed E-state index contributed by atoms with van der Waals surface area (Å²) in [4.78, 5) is 12.2. The van der Waals surface area contributed by atoms with Crippen LogP contribution in [0.1, 0.15) is 37.8 Å². The minimum Gasteiger partial charge on any atom is -0.496 e. The van der Waals surface area contributed by atoms with Gasteiger partial charge in [-0.3, -0.25) is 4.79 Å². The molecular formula is C15H21FN2O2. The van der Waals surface area contributed by atoms with E-state index in [1.807, 2.05) is 6.92 Å². The number of piperidine rings is 1. The maximum atomic E-state index is 13.4. The van der Waals surface area contributed by atoms with Gasteiger partial charge >= 0.3 is 0 Å². The molecule has 1 aliphatic rings. The van der Waals surface area contributed by atoms with Crippen LogP contribution in [-0.4, -0.2) is 25.6 Å². The molecule has 1 saturated heterocycles. The molecule has 20 heavy (non-hydrogen) atoms. The molecule has 1 aromatic carbocycles. The molecule has 0 radical (unpaired) electrons. The van der Waals surface area contributed by atoms with E-state index in [1.165, 1.54) is 19.2 Å². The van der Waals surface area contributed by atoms with Gasteiger partial charge in [-0.15, -0.1) is 0 Å². The summed E-state index contributed by atoms with van der Waals surface area (Å²) in [6.07, 6.45) is 3.01. The number of carbonyl (C=O) groups is 1. The smallest absolute Gasteiger partial charge is 0.237 e. The van der Waals surface area contributed by atoms with Crippen molar-refractivity contribution in [3.05, 3.63) is 29.6 Å². The summed E-state index contributed by atoms with van der Waals surface area (Å²) in [5.41, 5.74) is 0.650. The summed E-state index contributed by atoms with van der Waals surface area (Å²) in [6, 6.07) is 3.88. The van der Waals surface area contributed by atoms with Gasteiger partial charge in [-0.25, -0.2) is 4.39 Å². The minimum absolute atomic E-state index is 0.0384. The first-order valence-corrected chi connectivity index (χ1v) is 6.99. The summed E-state index contributed by atoms with van der Waals surface area (Å²) in [6.45, 7) is 2.70. The summed E-state index contributed by atoms with van der Waals surface area (Å²) in [5, 5.41) is 6.12. The lowest BCUT2D eigenvalue weighted by atomic mass is 10.0. The monoisotopic (exact) mass is 280 g/mol. The standard InChI is InChI=1S/C15H21FN2O2/c1-10(12-9-11(16)6-7-14(12)20-2)18-15(19)13-5-3-4-8-17-13/h6-7,9-10,13,17H,3-5,8H2,1-2H3,(H,18,19)/t10?,13-/m0/s1. The number of nitrogens with one attached hydrogen (secondary N) is 2. The van der Waals surface area contributed by atoms with Crippen LogP contribution in [0.25, 0.3) is 0 Å². The molecule has 1 aliphatic heterocycles. The molecule has 1 fully saturated rings. The van der Waals surface area contributed by atoms with Crippen LogP contribution in [0.3, 0.4) is 0 Å². The molecule has 0 spiro atoms. The number of ether oxygens (including phenoxy) is 1. The lowest BCUT2D eigenvalue weighted by molar-refractivity contribution is -0.124. The van der Waals surface area contributed by atoms with E-state index in [1.54, 1.807) is 6.07 Å². The molecule has 2 atom stereocenters. The van der Waals surface area contributed by atoms with Crippen molar-refractivity contribution in [2.75, 3.05) is 13.7 Å². The van der Waals surface area contributed by atoms with Crippen LogP contribution >= 0.6 is 0 Å². The van der Waals surface area contributed by atoms with Crippen LogP contribution in [0.5, 0.6) is 5.75 Å². The van der Waals surface area contributed by atoms with Crippen LogP contribution in [0.2, 0.25) is 0 Å². The molecule has 1 unspecified atom stereocenters. The van der Waals surface area contributed by atoms with Crippen LogP contribution < -0.4 is 15.4 Å². The van der Waals surface area contributed by atoms with Crippen molar-refractivity contribution in [1.82, 2.24) is 10.6 Å². The van der Waals surface area contributed by atoms with Gasteiger partial charge in [0.15, 0.2) is 0 Å². The van der Waals surface area contributed by atoms with E-state index in [0.29, 0.717) is 11.3 Å². The number of amides is 1. The summed E-state index contributed by atoms with van der Waals surface area (Å²) >= 11 is 0. The van der Waals surface area contributed by atoms with Gasteiger partial charge < -0.3 is 15.4 Å². The van der Waals surface area contributed by atoms with Gasteiger partial charge in [-0.05, 0) is 44.5 Å². The van der Waals surface area contributed by atoms with Gasteiger partial charge in [0.05, 0.1) is 19.2 Å². The highest BCUT2D eigenvalue weighted by molar-refractivity contribution is 5.82. The topological polar surface area (TPSA) is 50.4 Å². The lowest BCUT2D eigenvalue weighted by Crippen LogP contribution is -2.47. The maximum absolute atomic E-state index is 13.4. The molecular weight excluding hydrogens is 259 g/mol. The first-order valence-electron chi connectivity index (χ1n) is 6.99. The highest BCUT2D eigenvalue weighted by Gasteiger charge is 2.23. The Morgan fingerprint density at radius 2 is 2.30 bits per heavy atom. The Morgan fingerprint density at radius 3 is 2.95 bits per heavy atom. The van der Waals surface area contributed by atoms with Crippen LogP contribution in [0.4, 0.5) is 4.39 Å². The molecule has 5 heteroatoms. The fourth-order valence-corrected chi connectivity index (χ4v) is 2.51. The average molecular weight is 280 g/mol. The molecule has 1 aromatic rings. The zero-order valence-electron chi connectivity index (χ0n) is 11.9. The maximum Gasteiger partial charge on any atom is 0.237 e. The van der Waals surface area contributed by atoms with E-state index in [-0.39, 0.29) is 23.8 Å². The largest absolute Gasteiger partial charge is 0.496 e. The molecule has 110 valence electrons. The van der Waals surface area contributed by atoms with Crippen LogP contribution in [-0.2, 0) is 4.79 Å². The van der Waals surface area contributed by atoms with Gasteiger partial charge in [-0.1, -0.05) is 6.42 Å². The molecule has 1 heterocycles. The van der Waals surface area contributed by atoms with Crippen LogP contribution in [0.15, 0.2) is 18.2 Å². The van der Waals surface area contributed by atoms with E-state index in [2.05, 4.69) is 10.6 Å². The second-order valence-corrected chi connectivity index (χ2v) is 5.12. The van der Waals surface area contributed by atoms with E-state index < -0.39 is 0 Å². The van der Waals surface area contributed by atoms with Crippen molar-refractivity contribution >= 4 is 5.91 Å². The van der Waals surface area contributed by atoms with Crippen molar-refractivity contribution in [3.8, 4) is 5.75 Å². The van der Waals surface area contributed by atoms with Gasteiger partial charge in [-0.2, -0.15) is 0 Å². The molecule has 1 amide bonds. The van der Waals surface area contributed by atoms with E-state index in [4.69, 9.17) is 4.74 Å². The Morgan fingerprint density at radius 1 is 1.50 bits per heavy atom. The van der Waals surface area contributed by atoms with Crippen molar-refractivity contribution in [2.45, 2.75) is 38.3 Å². The first kappa shape index (κ1) is 14.8. The SMILES string of the molecule is COc1ccc(F)cc1C(C)NC(=O)[C@@H]1CCCCN1. The highest BCUT2D eigenvalue weighted by atomic mass is 19.1. The Labute approximate surface area is 118 Å². The third kappa shape index (κ3) is 3.48. The number of halogens is 1.